The van der Waals surface area contributed by atoms with Gasteiger partial charge in [-0.05, 0) is 41.5 Å². The Morgan fingerprint density at radius 1 is 0.792 bits per heavy atom. The summed E-state index contributed by atoms with van der Waals surface area (Å²) in [5, 5.41) is 0. The maximum Gasteiger partial charge on any atom is 0.151 e. The number of benzene rings is 2. The van der Waals surface area contributed by atoms with E-state index in [-0.39, 0.29) is 11.6 Å². The van der Waals surface area contributed by atoms with Crippen molar-refractivity contribution < 1.29 is 13.6 Å². The first kappa shape index (κ1) is 15.7. The summed E-state index contributed by atoms with van der Waals surface area (Å²) in [5.41, 5.74) is 2.96. The van der Waals surface area contributed by atoms with Gasteiger partial charge in [0.25, 0.3) is 0 Å². The Morgan fingerprint density at radius 3 is 1.75 bits per heavy atom. The van der Waals surface area contributed by atoms with Gasteiger partial charge in [0, 0.05) is 29.1 Å². The fraction of sp³-hybridized carbons (Fsp3) is 0. The van der Waals surface area contributed by atoms with Crippen molar-refractivity contribution in [3.05, 3.63) is 101 Å². The van der Waals surface area contributed by atoms with E-state index in [1.54, 1.807) is 48.8 Å². The molecule has 0 saturated heterocycles. The van der Waals surface area contributed by atoms with Gasteiger partial charge in [0.1, 0.15) is 11.6 Å². The van der Waals surface area contributed by atoms with Crippen LogP contribution >= 0.6 is 0 Å². The van der Waals surface area contributed by atoms with Crippen LogP contribution in [-0.2, 0) is 4.79 Å². The van der Waals surface area contributed by atoms with Crippen molar-refractivity contribution in [2.24, 2.45) is 0 Å². The van der Waals surface area contributed by atoms with E-state index in [1.807, 2.05) is 0 Å². The molecule has 0 fully saturated rings. The first-order valence-corrected chi connectivity index (χ1v) is 7.31. The molecule has 3 aromatic rings. The third-order valence-electron chi connectivity index (χ3n) is 3.63. The number of hydrogen-bond donors (Lipinski definition) is 0. The SMILES string of the molecule is O=CC(=C(c1ccc(F)cc1)c1ccc(F)cc1)c1cccnc1. The molecule has 0 bridgehead atoms. The summed E-state index contributed by atoms with van der Waals surface area (Å²) >= 11 is 0. The van der Waals surface area contributed by atoms with Crippen molar-refractivity contribution in [3.63, 3.8) is 0 Å². The third kappa shape index (κ3) is 3.27. The third-order valence-corrected chi connectivity index (χ3v) is 3.63. The van der Waals surface area contributed by atoms with Crippen LogP contribution in [0.4, 0.5) is 8.78 Å². The lowest BCUT2D eigenvalue weighted by molar-refractivity contribution is -0.103. The predicted molar refractivity (Wildman–Crippen MR) is 89.0 cm³/mol. The molecule has 2 aromatic carbocycles. The van der Waals surface area contributed by atoms with Gasteiger partial charge in [0.15, 0.2) is 6.29 Å². The lowest BCUT2D eigenvalue weighted by atomic mass is 9.90. The maximum atomic E-state index is 13.3. The highest BCUT2D eigenvalue weighted by Gasteiger charge is 2.14. The zero-order valence-electron chi connectivity index (χ0n) is 12.6. The van der Waals surface area contributed by atoms with Crippen molar-refractivity contribution in [2.75, 3.05) is 0 Å². The number of nitrogens with zero attached hydrogens (tertiary/aromatic N) is 1. The van der Waals surface area contributed by atoms with E-state index >= 15 is 0 Å². The van der Waals surface area contributed by atoms with E-state index in [4.69, 9.17) is 0 Å². The molecule has 0 aliphatic rings. The summed E-state index contributed by atoms with van der Waals surface area (Å²) in [6.45, 7) is 0. The zero-order valence-corrected chi connectivity index (χ0v) is 12.6. The van der Waals surface area contributed by atoms with E-state index in [9.17, 15) is 13.6 Å². The van der Waals surface area contributed by atoms with Crippen molar-refractivity contribution in [1.29, 1.82) is 0 Å². The van der Waals surface area contributed by atoms with Gasteiger partial charge < -0.3 is 0 Å². The molecule has 3 rings (SSSR count). The molecule has 1 heterocycles. The van der Waals surface area contributed by atoms with E-state index in [0.29, 0.717) is 27.8 Å². The average molecular weight is 321 g/mol. The molecule has 2 nitrogen and oxygen atoms in total. The average Bonchev–Trinajstić information content (AvgIpc) is 2.62. The second-order valence-electron chi connectivity index (χ2n) is 5.16. The second-order valence-corrected chi connectivity index (χ2v) is 5.16. The summed E-state index contributed by atoms with van der Waals surface area (Å²) in [4.78, 5) is 15.8. The Labute approximate surface area is 138 Å². The van der Waals surface area contributed by atoms with Crippen LogP contribution < -0.4 is 0 Å². The Morgan fingerprint density at radius 2 is 1.33 bits per heavy atom. The van der Waals surface area contributed by atoms with Crippen molar-refractivity contribution in [3.8, 4) is 0 Å². The van der Waals surface area contributed by atoms with Gasteiger partial charge in [-0.15, -0.1) is 0 Å². The maximum absolute atomic E-state index is 13.3. The molecular formula is C20H13F2NO. The lowest BCUT2D eigenvalue weighted by Crippen LogP contribution is -1.97. The van der Waals surface area contributed by atoms with E-state index in [1.165, 1.54) is 24.3 Å². The quantitative estimate of drug-likeness (QED) is 0.522. The van der Waals surface area contributed by atoms with Crippen LogP contribution in [-0.4, -0.2) is 11.3 Å². The lowest BCUT2D eigenvalue weighted by Gasteiger charge is -2.13. The van der Waals surface area contributed by atoms with Gasteiger partial charge in [-0.3, -0.25) is 9.78 Å². The van der Waals surface area contributed by atoms with Crippen LogP contribution in [0, 0.1) is 11.6 Å². The highest BCUT2D eigenvalue weighted by Crippen LogP contribution is 2.31. The van der Waals surface area contributed by atoms with Gasteiger partial charge in [0.2, 0.25) is 0 Å². The monoisotopic (exact) mass is 321 g/mol. The first-order chi connectivity index (χ1) is 11.7. The Bertz CT molecular complexity index is 822. The normalized spacial score (nSPS) is 10.2. The van der Waals surface area contributed by atoms with Crippen molar-refractivity contribution in [1.82, 2.24) is 4.98 Å². The van der Waals surface area contributed by atoms with Crippen LogP contribution in [0.15, 0.2) is 73.1 Å². The Hall–Kier alpha value is -3.14. The Kier molecular flexibility index (Phi) is 4.57. The van der Waals surface area contributed by atoms with Crippen LogP contribution in [0.1, 0.15) is 16.7 Å². The molecule has 0 amide bonds. The molecule has 118 valence electrons. The first-order valence-electron chi connectivity index (χ1n) is 7.31. The molecule has 0 aliphatic carbocycles. The molecule has 0 aliphatic heterocycles. The van der Waals surface area contributed by atoms with E-state index in [2.05, 4.69) is 4.98 Å². The molecule has 0 spiro atoms. The van der Waals surface area contributed by atoms with E-state index < -0.39 is 0 Å². The fourth-order valence-electron chi connectivity index (χ4n) is 2.50. The number of halogens is 2. The molecule has 0 atom stereocenters. The number of aromatic nitrogens is 1. The minimum atomic E-state index is -0.369. The smallest absolute Gasteiger partial charge is 0.151 e. The summed E-state index contributed by atoms with van der Waals surface area (Å²) in [6.07, 6.45) is 3.93. The minimum absolute atomic E-state index is 0.369. The van der Waals surface area contributed by atoms with Gasteiger partial charge in [-0.25, -0.2) is 8.78 Å². The summed E-state index contributed by atoms with van der Waals surface area (Å²) < 4.78 is 26.5. The van der Waals surface area contributed by atoms with Gasteiger partial charge in [-0.1, -0.05) is 30.3 Å². The van der Waals surface area contributed by atoms with Gasteiger partial charge in [-0.2, -0.15) is 0 Å². The van der Waals surface area contributed by atoms with E-state index in [0.717, 1.165) is 6.29 Å². The zero-order chi connectivity index (χ0) is 16.9. The minimum Gasteiger partial charge on any atom is -0.298 e. The standard InChI is InChI=1S/C20H13F2NO/c21-17-7-3-14(4-8-17)20(15-5-9-18(22)10-6-15)19(13-24)16-2-1-11-23-12-16/h1-13H. The number of carbonyl (C=O) groups is 1. The van der Waals surface area contributed by atoms with Crippen molar-refractivity contribution in [2.45, 2.75) is 0 Å². The number of carbonyl (C=O) groups excluding carboxylic acids is 1. The number of pyridine rings is 1. The highest BCUT2D eigenvalue weighted by molar-refractivity contribution is 6.20. The van der Waals surface area contributed by atoms with Gasteiger partial charge in [0.05, 0.1) is 0 Å². The van der Waals surface area contributed by atoms with Gasteiger partial charge >= 0.3 is 0 Å². The molecular weight excluding hydrogens is 308 g/mol. The number of allylic oxidation sites excluding steroid dienone is 1. The highest BCUT2D eigenvalue weighted by atomic mass is 19.1. The summed E-state index contributed by atoms with van der Waals surface area (Å²) in [7, 11) is 0. The van der Waals surface area contributed by atoms with Crippen LogP contribution in [0.2, 0.25) is 0 Å². The molecule has 0 unspecified atom stereocenters. The molecule has 24 heavy (non-hydrogen) atoms. The van der Waals surface area contributed by atoms with Crippen molar-refractivity contribution >= 4 is 17.4 Å². The molecule has 1 aromatic heterocycles. The molecule has 0 radical (unpaired) electrons. The summed E-state index contributed by atoms with van der Waals surface area (Å²) in [5.74, 6) is -0.738. The number of rotatable bonds is 4. The van der Waals surface area contributed by atoms with Crippen LogP contribution in [0.25, 0.3) is 11.1 Å². The largest absolute Gasteiger partial charge is 0.298 e. The predicted octanol–water partition coefficient (Wildman–Crippen LogP) is 4.52. The molecule has 0 N–H and O–H groups in total. The molecule has 4 heteroatoms. The second kappa shape index (κ2) is 6.96. The Balaban J connectivity index is 2.28. The topological polar surface area (TPSA) is 30.0 Å². The fourth-order valence-corrected chi connectivity index (χ4v) is 2.50. The number of aldehydes is 1. The molecule has 0 saturated carbocycles. The number of hydrogen-bond acceptors (Lipinski definition) is 2. The van der Waals surface area contributed by atoms with Crippen LogP contribution in [0.5, 0.6) is 0 Å². The van der Waals surface area contributed by atoms with Crippen LogP contribution in [0.3, 0.4) is 0 Å². The summed E-state index contributed by atoms with van der Waals surface area (Å²) in [6, 6.07) is 15.2.